The van der Waals surface area contributed by atoms with E-state index in [1.807, 2.05) is 11.6 Å². The molecule has 1 unspecified atom stereocenters. The Morgan fingerprint density at radius 3 is 2.90 bits per heavy atom. The summed E-state index contributed by atoms with van der Waals surface area (Å²) in [6.07, 6.45) is 8.14. The minimum atomic E-state index is 0.0782. The van der Waals surface area contributed by atoms with Gasteiger partial charge >= 0.3 is 0 Å². The molecule has 1 atom stereocenters. The van der Waals surface area contributed by atoms with Gasteiger partial charge in [-0.3, -0.25) is 4.79 Å². The van der Waals surface area contributed by atoms with Gasteiger partial charge in [0.2, 0.25) is 0 Å². The maximum atomic E-state index is 11.8. The minimum Gasteiger partial charge on any atom is -0.343 e. The van der Waals surface area contributed by atoms with E-state index in [-0.39, 0.29) is 11.7 Å². The molecule has 1 N–H and O–H groups in total. The van der Waals surface area contributed by atoms with Crippen molar-refractivity contribution in [2.45, 2.75) is 52.5 Å². The third-order valence-electron chi connectivity index (χ3n) is 3.89. The molecule has 0 radical (unpaired) electrons. The molecule has 5 nitrogen and oxygen atoms in total. The highest BCUT2D eigenvalue weighted by Crippen LogP contribution is 2.27. The van der Waals surface area contributed by atoms with Crippen molar-refractivity contribution in [3.05, 3.63) is 23.5 Å². The van der Waals surface area contributed by atoms with Gasteiger partial charge in [-0.15, -0.1) is 0 Å². The number of nitrogens with one attached hydrogen (secondary N) is 1. The summed E-state index contributed by atoms with van der Waals surface area (Å²) >= 11 is 0. The number of rotatable bonds is 7. The van der Waals surface area contributed by atoms with Crippen molar-refractivity contribution in [1.82, 2.24) is 9.78 Å². The highest BCUT2D eigenvalue weighted by molar-refractivity contribution is 5.95. The van der Waals surface area contributed by atoms with E-state index in [1.165, 1.54) is 0 Å². The predicted molar refractivity (Wildman–Crippen MR) is 81.6 cm³/mol. The molecule has 0 saturated carbocycles. The first-order valence-electron chi connectivity index (χ1n) is 7.66. The summed E-state index contributed by atoms with van der Waals surface area (Å²) in [5, 5.41) is 16.7. The lowest BCUT2D eigenvalue weighted by Crippen LogP contribution is -2.09. The molecule has 0 saturated heterocycles. The van der Waals surface area contributed by atoms with Crippen LogP contribution >= 0.6 is 0 Å². The molecule has 21 heavy (non-hydrogen) atoms. The monoisotopic (exact) mass is 286 g/mol. The smallest absolute Gasteiger partial charge is 0.160 e. The third-order valence-corrected chi connectivity index (χ3v) is 3.89. The number of nitriles is 1. The van der Waals surface area contributed by atoms with Crippen LogP contribution in [-0.2, 0) is 11.3 Å². The van der Waals surface area contributed by atoms with Crippen molar-refractivity contribution < 1.29 is 4.79 Å². The van der Waals surface area contributed by atoms with Gasteiger partial charge in [0, 0.05) is 24.2 Å². The topological polar surface area (TPSA) is 70.7 Å². The summed E-state index contributed by atoms with van der Waals surface area (Å²) in [5.41, 5.74) is 1.42. The van der Waals surface area contributed by atoms with Gasteiger partial charge in [0.25, 0.3) is 0 Å². The van der Waals surface area contributed by atoms with Crippen LogP contribution in [0.1, 0.15) is 51.5 Å². The number of carbonyl (C=O) groups excluding carboxylic acids is 1. The van der Waals surface area contributed by atoms with Crippen molar-refractivity contribution in [3.8, 4) is 6.07 Å². The van der Waals surface area contributed by atoms with Gasteiger partial charge < -0.3 is 5.32 Å². The van der Waals surface area contributed by atoms with Gasteiger partial charge in [-0.1, -0.05) is 26.7 Å². The number of aryl methyl sites for hydroxylation is 1. The first-order valence-corrected chi connectivity index (χ1v) is 7.66. The molecule has 1 aliphatic rings. The number of carbonyl (C=O) groups is 1. The number of unbranched alkanes of at least 4 members (excludes halogenated alkanes) is 2. The van der Waals surface area contributed by atoms with Crippen molar-refractivity contribution >= 4 is 11.6 Å². The van der Waals surface area contributed by atoms with E-state index < -0.39 is 0 Å². The lowest BCUT2D eigenvalue weighted by Gasteiger charge is -2.12. The fourth-order valence-corrected chi connectivity index (χ4v) is 2.58. The Balaban J connectivity index is 2.12. The Morgan fingerprint density at radius 1 is 1.48 bits per heavy atom. The number of allylic oxidation sites excluding steroid dienone is 2. The molecule has 2 rings (SSSR count). The number of hydrogen-bond acceptors (Lipinski definition) is 4. The number of anilines is 1. The molecular weight excluding hydrogens is 264 g/mol. The van der Waals surface area contributed by atoms with Crippen molar-refractivity contribution in [2.24, 2.45) is 5.92 Å². The summed E-state index contributed by atoms with van der Waals surface area (Å²) in [4.78, 5) is 11.8. The van der Waals surface area contributed by atoms with Crippen molar-refractivity contribution in [3.63, 3.8) is 0 Å². The van der Waals surface area contributed by atoms with Gasteiger partial charge in [0.15, 0.2) is 5.78 Å². The molecule has 0 amide bonds. The van der Waals surface area contributed by atoms with E-state index in [0.717, 1.165) is 44.3 Å². The quantitative estimate of drug-likeness (QED) is 0.781. The van der Waals surface area contributed by atoms with Crippen LogP contribution in [0.2, 0.25) is 0 Å². The fourth-order valence-electron chi connectivity index (χ4n) is 2.58. The Morgan fingerprint density at radius 2 is 2.29 bits per heavy atom. The zero-order chi connectivity index (χ0) is 15.2. The second-order valence-electron chi connectivity index (χ2n) is 5.46. The van der Waals surface area contributed by atoms with E-state index in [1.54, 1.807) is 12.3 Å². The molecule has 1 aromatic rings. The molecule has 5 heteroatoms. The average Bonchev–Trinajstić information content (AvgIpc) is 3.03. The molecule has 1 heterocycles. The average molecular weight is 286 g/mol. The van der Waals surface area contributed by atoms with E-state index in [4.69, 9.17) is 0 Å². The van der Waals surface area contributed by atoms with Gasteiger partial charge in [-0.05, 0) is 19.3 Å². The normalized spacial score (nSPS) is 17.7. The summed E-state index contributed by atoms with van der Waals surface area (Å²) < 4.78 is 1.83. The lowest BCUT2D eigenvalue weighted by molar-refractivity contribution is -0.117. The molecule has 112 valence electrons. The Kier molecular flexibility index (Phi) is 5.15. The van der Waals surface area contributed by atoms with Gasteiger partial charge in [-0.2, -0.15) is 10.4 Å². The predicted octanol–water partition coefficient (Wildman–Crippen LogP) is 3.24. The Labute approximate surface area is 125 Å². The standard InChI is InChI=1S/C16H22N4O/c1-3-5-6-7-20-16(13(10-17)11-18-20)19-14-8-12(4-2)15(21)9-14/h9,11-12,19H,3-8H2,1-2H3. The van der Waals surface area contributed by atoms with Crippen LogP contribution in [-0.4, -0.2) is 15.6 Å². The first-order chi connectivity index (χ1) is 10.2. The van der Waals surface area contributed by atoms with Gasteiger partial charge in [-0.25, -0.2) is 4.68 Å². The molecule has 0 bridgehead atoms. The van der Waals surface area contributed by atoms with E-state index >= 15 is 0 Å². The van der Waals surface area contributed by atoms with Crippen LogP contribution in [0.3, 0.4) is 0 Å². The van der Waals surface area contributed by atoms with E-state index in [2.05, 4.69) is 23.4 Å². The van der Waals surface area contributed by atoms with Crippen LogP contribution in [0.4, 0.5) is 5.82 Å². The second-order valence-corrected chi connectivity index (χ2v) is 5.46. The Bertz CT molecular complexity index is 580. The van der Waals surface area contributed by atoms with Crippen LogP contribution in [0.15, 0.2) is 18.0 Å². The largest absolute Gasteiger partial charge is 0.343 e. The number of hydrogen-bond donors (Lipinski definition) is 1. The molecule has 0 aliphatic heterocycles. The summed E-state index contributed by atoms with van der Waals surface area (Å²) in [6, 6.07) is 2.16. The summed E-state index contributed by atoms with van der Waals surface area (Å²) in [5.74, 6) is 0.967. The van der Waals surface area contributed by atoms with Crippen LogP contribution < -0.4 is 5.32 Å². The highest BCUT2D eigenvalue weighted by atomic mass is 16.1. The minimum absolute atomic E-state index is 0.0782. The first kappa shape index (κ1) is 15.3. The van der Waals surface area contributed by atoms with Crippen LogP contribution in [0.5, 0.6) is 0 Å². The zero-order valence-corrected chi connectivity index (χ0v) is 12.7. The summed E-state index contributed by atoms with van der Waals surface area (Å²) in [6.45, 7) is 4.97. The number of ketones is 1. The lowest BCUT2D eigenvalue weighted by atomic mass is 10.0. The second kappa shape index (κ2) is 7.07. The highest BCUT2D eigenvalue weighted by Gasteiger charge is 2.24. The molecule has 0 fully saturated rings. The van der Waals surface area contributed by atoms with E-state index in [0.29, 0.717) is 11.4 Å². The van der Waals surface area contributed by atoms with E-state index in [9.17, 15) is 10.1 Å². The molecule has 0 aromatic carbocycles. The van der Waals surface area contributed by atoms with Crippen LogP contribution in [0, 0.1) is 17.2 Å². The Hall–Kier alpha value is -2.09. The molecular formula is C16H22N4O. The zero-order valence-electron chi connectivity index (χ0n) is 12.7. The van der Waals surface area contributed by atoms with Gasteiger partial charge in [0.05, 0.1) is 6.20 Å². The summed E-state index contributed by atoms with van der Waals surface area (Å²) in [7, 11) is 0. The number of nitrogens with zero attached hydrogens (tertiary/aromatic N) is 3. The molecule has 0 spiro atoms. The van der Waals surface area contributed by atoms with Crippen molar-refractivity contribution in [1.29, 1.82) is 5.26 Å². The van der Waals surface area contributed by atoms with Crippen molar-refractivity contribution in [2.75, 3.05) is 5.32 Å². The molecule has 1 aliphatic carbocycles. The SMILES string of the molecule is CCCCCn1ncc(C#N)c1NC1=CC(=O)C(CC)C1. The fraction of sp³-hybridized carbons (Fsp3) is 0.562. The van der Waals surface area contributed by atoms with Gasteiger partial charge in [0.1, 0.15) is 17.5 Å². The molecule has 1 aromatic heterocycles. The van der Waals surface area contributed by atoms with Crippen LogP contribution in [0.25, 0.3) is 0 Å². The number of aromatic nitrogens is 2. The maximum Gasteiger partial charge on any atom is 0.160 e. The maximum absolute atomic E-state index is 11.8. The third kappa shape index (κ3) is 3.52.